The van der Waals surface area contributed by atoms with Crippen LogP contribution in [0, 0.1) is 5.82 Å². The van der Waals surface area contributed by atoms with Crippen LogP contribution in [0.15, 0.2) is 36.7 Å². The molecule has 0 aliphatic rings. The Kier molecular flexibility index (Phi) is 3.88. The van der Waals surface area contributed by atoms with Crippen molar-refractivity contribution in [2.75, 3.05) is 0 Å². The molecule has 0 unspecified atom stereocenters. The summed E-state index contributed by atoms with van der Waals surface area (Å²) < 4.78 is 18.9. The fraction of sp³-hybridized carbons (Fsp3) is 0.167. The molecule has 1 heterocycles. The van der Waals surface area contributed by atoms with Gasteiger partial charge in [-0.2, -0.15) is 0 Å². The Morgan fingerprint density at radius 3 is 2.65 bits per heavy atom. The van der Waals surface area contributed by atoms with E-state index in [9.17, 15) is 4.39 Å². The molecule has 0 saturated carbocycles. The van der Waals surface area contributed by atoms with Crippen molar-refractivity contribution in [1.82, 2.24) is 9.97 Å². The highest BCUT2D eigenvalue weighted by atomic mass is 35.5. The van der Waals surface area contributed by atoms with E-state index in [1.807, 2.05) is 0 Å². The van der Waals surface area contributed by atoms with Crippen molar-refractivity contribution < 1.29 is 9.13 Å². The maximum Gasteiger partial charge on any atom is 0.166 e. The number of para-hydroxylation sites is 1. The maximum absolute atomic E-state index is 13.5. The van der Waals surface area contributed by atoms with Crippen LogP contribution in [0.25, 0.3) is 0 Å². The van der Waals surface area contributed by atoms with Gasteiger partial charge in [-0.3, -0.25) is 0 Å². The van der Waals surface area contributed by atoms with E-state index < -0.39 is 5.82 Å². The molecule has 0 atom stereocenters. The molecular weight excluding hydrogens is 243 g/mol. The lowest BCUT2D eigenvalue weighted by atomic mass is 10.2. The Balaban J connectivity index is 2.14. The molecule has 0 N–H and O–H groups in total. The molecule has 0 amide bonds. The summed E-state index contributed by atoms with van der Waals surface area (Å²) in [5.74, 6) is 0.424. The minimum atomic E-state index is -0.431. The number of hydrogen-bond donors (Lipinski definition) is 0. The first kappa shape index (κ1) is 11.8. The predicted molar refractivity (Wildman–Crippen MR) is 62.3 cm³/mol. The summed E-state index contributed by atoms with van der Waals surface area (Å²) in [4.78, 5) is 7.97. The highest BCUT2D eigenvalue weighted by molar-refractivity contribution is 6.17. The first-order chi connectivity index (χ1) is 8.31. The fourth-order valence-electron chi connectivity index (χ4n) is 1.36. The summed E-state index contributed by atoms with van der Waals surface area (Å²) in [6.45, 7) is 0.117. The van der Waals surface area contributed by atoms with Gasteiger partial charge < -0.3 is 4.74 Å². The lowest BCUT2D eigenvalue weighted by Gasteiger charge is -2.09. The second-order valence-corrected chi connectivity index (χ2v) is 3.58. The van der Waals surface area contributed by atoms with Crippen LogP contribution in [0.1, 0.15) is 11.4 Å². The first-order valence-electron chi connectivity index (χ1n) is 5.03. The molecule has 0 aliphatic carbocycles. The zero-order valence-electron chi connectivity index (χ0n) is 8.94. The molecule has 0 saturated heterocycles. The summed E-state index contributed by atoms with van der Waals surface area (Å²) >= 11 is 5.71. The van der Waals surface area contributed by atoms with Gasteiger partial charge in [0.05, 0.1) is 5.88 Å². The molecule has 17 heavy (non-hydrogen) atoms. The third-order valence-electron chi connectivity index (χ3n) is 2.16. The van der Waals surface area contributed by atoms with E-state index in [1.54, 1.807) is 30.6 Å². The molecule has 0 fully saturated rings. The average Bonchev–Trinajstić information content (AvgIpc) is 2.38. The van der Waals surface area contributed by atoms with Gasteiger partial charge in [0.2, 0.25) is 0 Å². The van der Waals surface area contributed by atoms with Crippen LogP contribution in [0.4, 0.5) is 4.39 Å². The van der Waals surface area contributed by atoms with Gasteiger partial charge in [0.1, 0.15) is 6.61 Å². The summed E-state index contributed by atoms with van der Waals surface area (Å²) in [6, 6.07) is 6.35. The SMILES string of the molecule is Fc1cccc(CCl)c1OCc1ncccn1. The number of alkyl halides is 1. The maximum atomic E-state index is 13.5. The van der Waals surface area contributed by atoms with Crippen molar-refractivity contribution in [3.8, 4) is 5.75 Å². The summed E-state index contributed by atoms with van der Waals surface area (Å²) in [5.41, 5.74) is 0.614. The predicted octanol–water partition coefficient (Wildman–Crippen LogP) is 2.93. The number of rotatable bonds is 4. The normalized spacial score (nSPS) is 10.2. The lowest BCUT2D eigenvalue weighted by Crippen LogP contribution is -2.03. The molecule has 2 aromatic rings. The van der Waals surface area contributed by atoms with E-state index in [0.29, 0.717) is 11.4 Å². The average molecular weight is 253 g/mol. The number of hydrogen-bond acceptors (Lipinski definition) is 3. The van der Waals surface area contributed by atoms with Crippen molar-refractivity contribution >= 4 is 11.6 Å². The number of halogens is 2. The Labute approximate surface area is 103 Å². The van der Waals surface area contributed by atoms with Crippen LogP contribution in [-0.4, -0.2) is 9.97 Å². The summed E-state index contributed by atoms with van der Waals surface area (Å²) in [6.07, 6.45) is 3.21. The van der Waals surface area contributed by atoms with Crippen LogP contribution >= 0.6 is 11.6 Å². The van der Waals surface area contributed by atoms with E-state index in [4.69, 9.17) is 16.3 Å². The monoisotopic (exact) mass is 252 g/mol. The molecule has 3 nitrogen and oxygen atoms in total. The van der Waals surface area contributed by atoms with Gasteiger partial charge >= 0.3 is 0 Å². The molecule has 1 aromatic carbocycles. The van der Waals surface area contributed by atoms with Crippen LogP contribution in [0.2, 0.25) is 0 Å². The molecule has 1 aromatic heterocycles. The fourth-order valence-corrected chi connectivity index (χ4v) is 1.57. The topological polar surface area (TPSA) is 35.0 Å². The molecule has 0 bridgehead atoms. The number of nitrogens with zero attached hydrogens (tertiary/aromatic N) is 2. The molecule has 5 heteroatoms. The second kappa shape index (κ2) is 5.59. The van der Waals surface area contributed by atoms with E-state index >= 15 is 0 Å². The summed E-state index contributed by atoms with van der Waals surface area (Å²) in [7, 11) is 0. The quantitative estimate of drug-likeness (QED) is 0.785. The second-order valence-electron chi connectivity index (χ2n) is 3.32. The van der Waals surface area contributed by atoms with Crippen LogP contribution in [0.3, 0.4) is 0 Å². The molecule has 0 spiro atoms. The third-order valence-corrected chi connectivity index (χ3v) is 2.45. The molecule has 0 radical (unpaired) electrons. The minimum Gasteiger partial charge on any atom is -0.482 e. The van der Waals surface area contributed by atoms with E-state index in [-0.39, 0.29) is 18.2 Å². The third kappa shape index (κ3) is 2.91. The lowest BCUT2D eigenvalue weighted by molar-refractivity contribution is 0.278. The van der Waals surface area contributed by atoms with Crippen molar-refractivity contribution in [3.05, 3.63) is 53.9 Å². The van der Waals surface area contributed by atoms with Gasteiger partial charge in [-0.25, -0.2) is 14.4 Å². The van der Waals surface area contributed by atoms with E-state index in [0.717, 1.165) is 0 Å². The molecule has 0 aliphatic heterocycles. The smallest absolute Gasteiger partial charge is 0.166 e. The van der Waals surface area contributed by atoms with Crippen LogP contribution < -0.4 is 4.74 Å². The minimum absolute atomic E-state index is 0.117. The van der Waals surface area contributed by atoms with Gasteiger partial charge in [0, 0.05) is 18.0 Å². The van der Waals surface area contributed by atoms with Gasteiger partial charge in [-0.1, -0.05) is 12.1 Å². The molecular formula is C12H10ClFN2O. The zero-order chi connectivity index (χ0) is 12.1. The molecule has 88 valence electrons. The number of aromatic nitrogens is 2. The highest BCUT2D eigenvalue weighted by Gasteiger charge is 2.09. The van der Waals surface area contributed by atoms with Gasteiger partial charge in [-0.15, -0.1) is 11.6 Å². The van der Waals surface area contributed by atoms with Gasteiger partial charge in [0.25, 0.3) is 0 Å². The Morgan fingerprint density at radius 1 is 1.18 bits per heavy atom. The summed E-state index contributed by atoms with van der Waals surface area (Å²) in [5, 5.41) is 0. The van der Waals surface area contributed by atoms with Crippen molar-refractivity contribution in [1.29, 1.82) is 0 Å². The van der Waals surface area contributed by atoms with Gasteiger partial charge in [-0.05, 0) is 12.1 Å². The zero-order valence-corrected chi connectivity index (χ0v) is 9.69. The van der Waals surface area contributed by atoms with E-state index in [1.165, 1.54) is 6.07 Å². The Morgan fingerprint density at radius 2 is 1.94 bits per heavy atom. The van der Waals surface area contributed by atoms with Crippen molar-refractivity contribution in [2.24, 2.45) is 0 Å². The number of ether oxygens (including phenoxy) is 1. The number of benzene rings is 1. The Hall–Kier alpha value is -1.68. The molecule has 2 rings (SSSR count). The van der Waals surface area contributed by atoms with Crippen LogP contribution in [-0.2, 0) is 12.5 Å². The standard InChI is InChI=1S/C12H10ClFN2O/c13-7-9-3-1-4-10(14)12(9)17-8-11-15-5-2-6-16-11/h1-6H,7-8H2. The van der Waals surface area contributed by atoms with Gasteiger partial charge in [0.15, 0.2) is 17.4 Å². The largest absolute Gasteiger partial charge is 0.482 e. The van der Waals surface area contributed by atoms with Crippen molar-refractivity contribution in [3.63, 3.8) is 0 Å². The first-order valence-corrected chi connectivity index (χ1v) is 5.56. The van der Waals surface area contributed by atoms with E-state index in [2.05, 4.69) is 9.97 Å². The van der Waals surface area contributed by atoms with Crippen molar-refractivity contribution in [2.45, 2.75) is 12.5 Å². The Bertz CT molecular complexity index is 493. The highest BCUT2D eigenvalue weighted by Crippen LogP contribution is 2.24. The van der Waals surface area contributed by atoms with Crippen LogP contribution in [0.5, 0.6) is 5.75 Å².